The lowest BCUT2D eigenvalue weighted by Crippen LogP contribution is -2.19. The smallest absolute Gasteiger partial charge is 0.128 e. The highest BCUT2D eigenvalue weighted by molar-refractivity contribution is 5.99. The molecule has 4 heteroatoms. The number of nitrogens with zero attached hydrogens (tertiary/aromatic N) is 2. The van der Waals surface area contributed by atoms with Gasteiger partial charge in [-0.3, -0.25) is 9.98 Å². The summed E-state index contributed by atoms with van der Waals surface area (Å²) < 4.78 is 0. The molecule has 0 atom stereocenters. The highest BCUT2D eigenvalue weighted by Crippen LogP contribution is 2.12. The Balaban J connectivity index is 1.63. The van der Waals surface area contributed by atoms with Crippen LogP contribution in [0.1, 0.15) is 11.1 Å². The lowest BCUT2D eigenvalue weighted by Gasteiger charge is -2.07. The first-order chi connectivity index (χ1) is 9.42. The molecule has 96 valence electrons. The van der Waals surface area contributed by atoms with Gasteiger partial charge in [0.15, 0.2) is 0 Å². The minimum absolute atomic E-state index is 0.784. The number of hydrogen-bond donors (Lipinski definition) is 2. The Morgan fingerprint density at radius 2 is 2.05 bits per heavy atom. The van der Waals surface area contributed by atoms with Crippen LogP contribution >= 0.6 is 0 Å². The summed E-state index contributed by atoms with van der Waals surface area (Å²) >= 11 is 0. The van der Waals surface area contributed by atoms with Gasteiger partial charge in [-0.25, -0.2) is 0 Å². The largest absolute Gasteiger partial charge is 0.381 e. The minimum atomic E-state index is 0.784. The number of nitrogens with one attached hydrogen (secondary N) is 2. The van der Waals surface area contributed by atoms with Gasteiger partial charge in [-0.1, -0.05) is 6.07 Å². The summed E-state index contributed by atoms with van der Waals surface area (Å²) in [7, 11) is 0. The van der Waals surface area contributed by atoms with E-state index in [4.69, 9.17) is 0 Å². The normalized spacial score (nSPS) is 13.8. The van der Waals surface area contributed by atoms with Crippen LogP contribution in [0.2, 0.25) is 0 Å². The predicted octanol–water partition coefficient (Wildman–Crippen LogP) is 2.04. The van der Waals surface area contributed by atoms with Gasteiger partial charge in [-0.15, -0.1) is 0 Å². The SMILES string of the molecule is c1cncc(CNc2ccc(C3=NCCN3)cc2)c1. The number of hydrogen-bond acceptors (Lipinski definition) is 4. The van der Waals surface area contributed by atoms with Crippen LogP contribution in [0.25, 0.3) is 0 Å². The molecule has 1 aliphatic heterocycles. The molecule has 1 aromatic carbocycles. The van der Waals surface area contributed by atoms with Crippen molar-refractivity contribution in [1.29, 1.82) is 0 Å². The Morgan fingerprint density at radius 3 is 2.74 bits per heavy atom. The summed E-state index contributed by atoms with van der Waals surface area (Å²) in [5, 5.41) is 6.65. The van der Waals surface area contributed by atoms with Gasteiger partial charge < -0.3 is 10.6 Å². The van der Waals surface area contributed by atoms with E-state index in [1.54, 1.807) is 6.20 Å². The molecule has 0 amide bonds. The Bertz CT molecular complexity index is 560. The summed E-state index contributed by atoms with van der Waals surface area (Å²) in [5.41, 5.74) is 3.42. The molecule has 19 heavy (non-hydrogen) atoms. The maximum atomic E-state index is 4.41. The highest BCUT2D eigenvalue weighted by atomic mass is 15.1. The van der Waals surface area contributed by atoms with Crippen LogP contribution in [0.4, 0.5) is 5.69 Å². The molecular weight excluding hydrogens is 236 g/mol. The Labute approximate surface area is 112 Å². The maximum absolute atomic E-state index is 4.41. The Morgan fingerprint density at radius 1 is 1.16 bits per heavy atom. The lowest BCUT2D eigenvalue weighted by atomic mass is 10.2. The van der Waals surface area contributed by atoms with E-state index < -0.39 is 0 Å². The van der Waals surface area contributed by atoms with E-state index in [-0.39, 0.29) is 0 Å². The first kappa shape index (κ1) is 11.7. The van der Waals surface area contributed by atoms with E-state index in [0.29, 0.717) is 0 Å². The predicted molar refractivity (Wildman–Crippen MR) is 77.4 cm³/mol. The van der Waals surface area contributed by atoms with E-state index in [9.17, 15) is 0 Å². The third-order valence-corrected chi connectivity index (χ3v) is 3.05. The second kappa shape index (κ2) is 5.52. The van der Waals surface area contributed by atoms with E-state index in [1.807, 2.05) is 12.3 Å². The topological polar surface area (TPSA) is 49.3 Å². The molecule has 0 bridgehead atoms. The van der Waals surface area contributed by atoms with Gasteiger partial charge in [0.2, 0.25) is 0 Å². The summed E-state index contributed by atoms with van der Waals surface area (Å²) in [6.07, 6.45) is 3.66. The summed E-state index contributed by atoms with van der Waals surface area (Å²) in [6, 6.07) is 12.3. The average molecular weight is 252 g/mol. The van der Waals surface area contributed by atoms with E-state index in [2.05, 4.69) is 50.9 Å². The first-order valence-corrected chi connectivity index (χ1v) is 6.43. The molecule has 0 fully saturated rings. The molecule has 2 N–H and O–H groups in total. The van der Waals surface area contributed by atoms with Gasteiger partial charge >= 0.3 is 0 Å². The number of aliphatic imine (C=N–C) groups is 1. The molecule has 0 unspecified atom stereocenters. The third kappa shape index (κ3) is 2.91. The van der Waals surface area contributed by atoms with Crippen LogP contribution in [-0.4, -0.2) is 23.9 Å². The molecule has 1 aliphatic rings. The van der Waals surface area contributed by atoms with Crippen LogP contribution < -0.4 is 10.6 Å². The second-order valence-electron chi connectivity index (χ2n) is 4.45. The van der Waals surface area contributed by atoms with Crippen molar-refractivity contribution < 1.29 is 0 Å². The van der Waals surface area contributed by atoms with Crippen molar-refractivity contribution in [2.75, 3.05) is 18.4 Å². The van der Waals surface area contributed by atoms with Gasteiger partial charge in [0.05, 0.1) is 6.54 Å². The Kier molecular flexibility index (Phi) is 3.40. The van der Waals surface area contributed by atoms with Gasteiger partial charge in [0, 0.05) is 36.7 Å². The highest BCUT2D eigenvalue weighted by Gasteiger charge is 2.06. The zero-order valence-corrected chi connectivity index (χ0v) is 10.6. The zero-order valence-electron chi connectivity index (χ0n) is 10.6. The molecule has 4 nitrogen and oxygen atoms in total. The second-order valence-corrected chi connectivity index (χ2v) is 4.45. The summed E-state index contributed by atoms with van der Waals surface area (Å²) in [6.45, 7) is 2.60. The fourth-order valence-electron chi connectivity index (χ4n) is 2.04. The number of rotatable bonds is 4. The molecule has 0 radical (unpaired) electrons. The van der Waals surface area contributed by atoms with Gasteiger partial charge in [0.25, 0.3) is 0 Å². The number of pyridine rings is 1. The average Bonchev–Trinajstić information content (AvgIpc) is 3.01. The van der Waals surface area contributed by atoms with Crippen molar-refractivity contribution in [2.24, 2.45) is 4.99 Å². The van der Waals surface area contributed by atoms with Gasteiger partial charge in [-0.05, 0) is 35.9 Å². The van der Waals surface area contributed by atoms with Gasteiger partial charge in [-0.2, -0.15) is 0 Å². The van der Waals surface area contributed by atoms with Crippen LogP contribution in [0.15, 0.2) is 53.8 Å². The van der Waals surface area contributed by atoms with Crippen molar-refractivity contribution in [1.82, 2.24) is 10.3 Å². The Hall–Kier alpha value is -2.36. The van der Waals surface area contributed by atoms with Crippen molar-refractivity contribution in [3.8, 4) is 0 Å². The van der Waals surface area contributed by atoms with Crippen LogP contribution in [0.3, 0.4) is 0 Å². The third-order valence-electron chi connectivity index (χ3n) is 3.05. The standard InChI is InChI=1S/C15H16N4/c1-2-12(10-16-7-1)11-19-14-5-3-13(4-6-14)15-17-8-9-18-15/h1-7,10,19H,8-9,11H2,(H,17,18). The first-order valence-electron chi connectivity index (χ1n) is 6.43. The number of anilines is 1. The molecule has 0 aliphatic carbocycles. The van der Waals surface area contributed by atoms with Crippen molar-refractivity contribution in [2.45, 2.75) is 6.54 Å². The fourth-order valence-corrected chi connectivity index (χ4v) is 2.04. The molecule has 2 heterocycles. The molecule has 3 rings (SSSR count). The van der Waals surface area contributed by atoms with Crippen molar-refractivity contribution in [3.63, 3.8) is 0 Å². The maximum Gasteiger partial charge on any atom is 0.128 e. The zero-order chi connectivity index (χ0) is 12.9. The lowest BCUT2D eigenvalue weighted by molar-refractivity contribution is 0.960. The van der Waals surface area contributed by atoms with E-state index >= 15 is 0 Å². The van der Waals surface area contributed by atoms with E-state index in [0.717, 1.165) is 36.7 Å². The monoisotopic (exact) mass is 252 g/mol. The van der Waals surface area contributed by atoms with Crippen molar-refractivity contribution in [3.05, 3.63) is 59.9 Å². The summed E-state index contributed by atoms with van der Waals surface area (Å²) in [5.74, 6) is 0.999. The minimum Gasteiger partial charge on any atom is -0.381 e. The molecule has 2 aromatic rings. The van der Waals surface area contributed by atoms with Crippen LogP contribution in [-0.2, 0) is 6.54 Å². The molecule has 0 spiro atoms. The number of aromatic nitrogens is 1. The summed E-state index contributed by atoms with van der Waals surface area (Å²) in [4.78, 5) is 8.51. The number of benzene rings is 1. The fraction of sp³-hybridized carbons (Fsp3) is 0.200. The van der Waals surface area contributed by atoms with Crippen molar-refractivity contribution >= 4 is 11.5 Å². The van der Waals surface area contributed by atoms with Gasteiger partial charge in [0.1, 0.15) is 5.84 Å². The molecule has 1 aromatic heterocycles. The molecule has 0 saturated carbocycles. The quantitative estimate of drug-likeness (QED) is 0.875. The number of amidine groups is 1. The van der Waals surface area contributed by atoms with Crippen LogP contribution in [0.5, 0.6) is 0 Å². The van der Waals surface area contributed by atoms with Crippen LogP contribution in [0, 0.1) is 0 Å². The van der Waals surface area contributed by atoms with E-state index in [1.165, 1.54) is 5.56 Å². The molecular formula is C15H16N4. The molecule has 0 saturated heterocycles.